The highest BCUT2D eigenvalue weighted by atomic mass is 16.2. The molecule has 0 aliphatic heterocycles. The maximum absolute atomic E-state index is 12.1. The molecule has 0 amide bonds. The molecule has 0 unspecified atom stereocenters. The second-order valence-corrected chi connectivity index (χ2v) is 4.17. The molecule has 1 aliphatic carbocycles. The molecule has 1 aliphatic rings. The van der Waals surface area contributed by atoms with Crippen LogP contribution in [0.25, 0.3) is 0 Å². The Morgan fingerprint density at radius 3 is 2.12 bits per heavy atom. The van der Waals surface area contributed by atoms with Crippen LogP contribution in [0.1, 0.15) is 36.0 Å². The smallest absolute Gasteiger partial charge is 0.180 e. The largest absolute Gasteiger partial charge is 0.298 e. The second-order valence-electron chi connectivity index (χ2n) is 4.17. The standard InChI is InChI=1S/C13H13NO3/c15-10-3-1-2-4-11(16)12(10)13(17)9-5-7-14-8-6-9/h5-8,12H,1-4H2. The third kappa shape index (κ3) is 2.46. The van der Waals surface area contributed by atoms with E-state index in [9.17, 15) is 14.4 Å². The molecule has 0 bridgehead atoms. The third-order valence-electron chi connectivity index (χ3n) is 2.97. The second kappa shape index (κ2) is 4.99. The lowest BCUT2D eigenvalue weighted by atomic mass is 9.89. The molecule has 0 N–H and O–H groups in total. The van der Waals surface area contributed by atoms with Crippen molar-refractivity contribution in [3.05, 3.63) is 30.1 Å². The van der Waals surface area contributed by atoms with Crippen molar-refractivity contribution in [2.75, 3.05) is 0 Å². The molecule has 17 heavy (non-hydrogen) atoms. The molecule has 1 aromatic heterocycles. The number of hydrogen-bond acceptors (Lipinski definition) is 4. The average Bonchev–Trinajstić information content (AvgIpc) is 2.51. The van der Waals surface area contributed by atoms with Gasteiger partial charge in [0.15, 0.2) is 17.3 Å². The van der Waals surface area contributed by atoms with Crippen LogP contribution in [0.4, 0.5) is 0 Å². The molecule has 1 fully saturated rings. The Bertz CT molecular complexity index is 435. The number of pyridine rings is 1. The first kappa shape index (κ1) is 11.6. The van der Waals surface area contributed by atoms with E-state index in [1.165, 1.54) is 24.5 Å². The summed E-state index contributed by atoms with van der Waals surface area (Å²) in [5.41, 5.74) is 0.383. The molecular weight excluding hydrogens is 218 g/mol. The van der Waals surface area contributed by atoms with Gasteiger partial charge in [-0.1, -0.05) is 0 Å². The predicted molar refractivity (Wildman–Crippen MR) is 60.5 cm³/mol. The summed E-state index contributed by atoms with van der Waals surface area (Å²) in [5, 5.41) is 0. The van der Waals surface area contributed by atoms with Crippen molar-refractivity contribution >= 4 is 17.3 Å². The summed E-state index contributed by atoms with van der Waals surface area (Å²) in [6.45, 7) is 0. The van der Waals surface area contributed by atoms with E-state index in [0.29, 0.717) is 31.2 Å². The molecule has 0 saturated heterocycles. The number of carbonyl (C=O) groups is 3. The van der Waals surface area contributed by atoms with Gasteiger partial charge in [0.25, 0.3) is 0 Å². The zero-order valence-electron chi connectivity index (χ0n) is 9.39. The van der Waals surface area contributed by atoms with Crippen molar-refractivity contribution in [2.45, 2.75) is 25.7 Å². The monoisotopic (exact) mass is 231 g/mol. The van der Waals surface area contributed by atoms with Crippen LogP contribution in [0, 0.1) is 5.92 Å². The van der Waals surface area contributed by atoms with Gasteiger partial charge in [-0.2, -0.15) is 0 Å². The first-order valence-electron chi connectivity index (χ1n) is 5.70. The first-order valence-corrected chi connectivity index (χ1v) is 5.70. The SMILES string of the molecule is O=C1CCCCC(=O)C1C(=O)c1ccncc1. The fourth-order valence-corrected chi connectivity index (χ4v) is 2.04. The molecule has 1 heterocycles. The Hall–Kier alpha value is -1.84. The van der Waals surface area contributed by atoms with Crippen LogP contribution in [-0.4, -0.2) is 22.3 Å². The zero-order chi connectivity index (χ0) is 12.3. The molecule has 0 atom stereocenters. The molecule has 1 saturated carbocycles. The minimum Gasteiger partial charge on any atom is -0.298 e. The van der Waals surface area contributed by atoms with Crippen molar-refractivity contribution in [2.24, 2.45) is 5.92 Å². The lowest BCUT2D eigenvalue weighted by Gasteiger charge is -2.10. The first-order chi connectivity index (χ1) is 8.20. The topological polar surface area (TPSA) is 64.1 Å². The van der Waals surface area contributed by atoms with Crippen molar-refractivity contribution in [3.8, 4) is 0 Å². The zero-order valence-corrected chi connectivity index (χ0v) is 9.39. The summed E-state index contributed by atoms with van der Waals surface area (Å²) >= 11 is 0. The van der Waals surface area contributed by atoms with Gasteiger partial charge in [0, 0.05) is 30.8 Å². The van der Waals surface area contributed by atoms with Gasteiger partial charge < -0.3 is 0 Å². The number of rotatable bonds is 2. The van der Waals surface area contributed by atoms with Crippen LogP contribution in [-0.2, 0) is 9.59 Å². The van der Waals surface area contributed by atoms with E-state index >= 15 is 0 Å². The summed E-state index contributed by atoms with van der Waals surface area (Å²) in [5.74, 6) is -1.95. The van der Waals surface area contributed by atoms with Crippen molar-refractivity contribution in [3.63, 3.8) is 0 Å². The van der Waals surface area contributed by atoms with E-state index in [4.69, 9.17) is 0 Å². The Labute approximate surface area is 99.0 Å². The Morgan fingerprint density at radius 1 is 1.06 bits per heavy atom. The molecule has 4 heteroatoms. The average molecular weight is 231 g/mol. The summed E-state index contributed by atoms with van der Waals surface area (Å²) in [6.07, 6.45) is 5.02. The van der Waals surface area contributed by atoms with Gasteiger partial charge in [0.05, 0.1) is 0 Å². The lowest BCUT2D eigenvalue weighted by Crippen LogP contribution is -2.30. The Morgan fingerprint density at radius 2 is 1.59 bits per heavy atom. The molecule has 2 rings (SSSR count). The number of aromatic nitrogens is 1. The molecule has 1 aromatic rings. The van der Waals surface area contributed by atoms with E-state index < -0.39 is 5.92 Å². The van der Waals surface area contributed by atoms with Crippen LogP contribution in [0.5, 0.6) is 0 Å². The molecule has 0 spiro atoms. The van der Waals surface area contributed by atoms with Gasteiger partial charge >= 0.3 is 0 Å². The minimum absolute atomic E-state index is 0.241. The highest BCUT2D eigenvalue weighted by Crippen LogP contribution is 2.20. The molecular formula is C13H13NO3. The van der Waals surface area contributed by atoms with E-state index in [1.54, 1.807) is 0 Å². The number of carbonyl (C=O) groups excluding carboxylic acids is 3. The number of nitrogens with zero attached hydrogens (tertiary/aromatic N) is 1. The van der Waals surface area contributed by atoms with Crippen molar-refractivity contribution < 1.29 is 14.4 Å². The minimum atomic E-state index is -1.08. The van der Waals surface area contributed by atoms with Crippen LogP contribution in [0.15, 0.2) is 24.5 Å². The fourth-order valence-electron chi connectivity index (χ4n) is 2.04. The lowest BCUT2D eigenvalue weighted by molar-refractivity contribution is -0.129. The van der Waals surface area contributed by atoms with E-state index in [1.807, 2.05) is 0 Å². The molecule has 0 aromatic carbocycles. The normalized spacial score (nSPS) is 17.9. The summed E-state index contributed by atoms with van der Waals surface area (Å²) < 4.78 is 0. The van der Waals surface area contributed by atoms with E-state index in [-0.39, 0.29) is 17.3 Å². The predicted octanol–water partition coefficient (Wildman–Crippen LogP) is 1.59. The quantitative estimate of drug-likeness (QED) is 0.440. The van der Waals surface area contributed by atoms with Gasteiger partial charge in [-0.25, -0.2) is 0 Å². The fraction of sp³-hybridized carbons (Fsp3) is 0.385. The van der Waals surface area contributed by atoms with Gasteiger partial charge in [0.2, 0.25) is 0 Å². The van der Waals surface area contributed by atoms with Crippen LogP contribution in [0.2, 0.25) is 0 Å². The summed E-state index contributed by atoms with van der Waals surface area (Å²) in [7, 11) is 0. The Kier molecular flexibility index (Phi) is 3.42. The molecule has 0 radical (unpaired) electrons. The van der Waals surface area contributed by atoms with Gasteiger partial charge in [-0.3, -0.25) is 19.4 Å². The molecule has 88 valence electrons. The van der Waals surface area contributed by atoms with Gasteiger partial charge in [-0.05, 0) is 25.0 Å². The van der Waals surface area contributed by atoms with E-state index in [0.717, 1.165) is 0 Å². The van der Waals surface area contributed by atoms with Crippen LogP contribution in [0.3, 0.4) is 0 Å². The number of Topliss-reactive ketones (excluding diaryl/α,β-unsaturated/α-hetero) is 3. The Balaban J connectivity index is 2.28. The summed E-state index contributed by atoms with van der Waals surface area (Å²) in [6, 6.07) is 3.07. The van der Waals surface area contributed by atoms with Crippen LogP contribution >= 0.6 is 0 Å². The van der Waals surface area contributed by atoms with Gasteiger partial charge in [-0.15, -0.1) is 0 Å². The third-order valence-corrected chi connectivity index (χ3v) is 2.97. The van der Waals surface area contributed by atoms with Crippen molar-refractivity contribution in [1.82, 2.24) is 4.98 Å². The highest BCUT2D eigenvalue weighted by Gasteiger charge is 2.34. The molecule has 4 nitrogen and oxygen atoms in total. The van der Waals surface area contributed by atoms with Gasteiger partial charge in [0.1, 0.15) is 5.92 Å². The summed E-state index contributed by atoms with van der Waals surface area (Å²) in [4.78, 5) is 39.5. The van der Waals surface area contributed by atoms with Crippen LogP contribution < -0.4 is 0 Å². The maximum atomic E-state index is 12.1. The maximum Gasteiger partial charge on any atom is 0.180 e. The number of hydrogen-bond donors (Lipinski definition) is 0. The highest BCUT2D eigenvalue weighted by molar-refractivity contribution is 6.24. The van der Waals surface area contributed by atoms with Crippen molar-refractivity contribution in [1.29, 1.82) is 0 Å². The van der Waals surface area contributed by atoms with E-state index in [2.05, 4.69) is 4.98 Å². The number of ketones is 3.